The molecule has 0 atom stereocenters. The van der Waals surface area contributed by atoms with E-state index >= 15 is 0 Å². The average molecular weight is 395 g/mol. The van der Waals surface area contributed by atoms with Gasteiger partial charge < -0.3 is 10.5 Å². The number of halogens is 1. The maximum Gasteiger partial charge on any atom is 0.247 e. The number of rotatable bonds is 4. The Morgan fingerprint density at radius 1 is 1.00 bits per heavy atom. The molecule has 0 unspecified atom stereocenters. The largest absolute Gasteiger partial charge is 0.435 e. The number of anilines is 1. The Hall–Kier alpha value is -2.83. The lowest BCUT2D eigenvalue weighted by Gasteiger charge is -2.11. The van der Waals surface area contributed by atoms with Gasteiger partial charge in [0.1, 0.15) is 22.6 Å². The predicted molar refractivity (Wildman–Crippen MR) is 109 cm³/mol. The second-order valence-electron chi connectivity index (χ2n) is 5.84. The van der Waals surface area contributed by atoms with Crippen LogP contribution in [0.2, 0.25) is 5.02 Å². The number of pyridine rings is 1. The van der Waals surface area contributed by atoms with Crippen molar-refractivity contribution < 1.29 is 4.74 Å². The van der Waals surface area contributed by atoms with Gasteiger partial charge in [-0.05, 0) is 43.3 Å². The van der Waals surface area contributed by atoms with Crippen LogP contribution in [0.3, 0.4) is 0 Å². The van der Waals surface area contributed by atoms with Crippen LogP contribution in [-0.2, 0) is 0 Å². The predicted octanol–water partition coefficient (Wildman–Crippen LogP) is 5.51. The molecule has 0 aliphatic heterocycles. The number of hydrogen-bond donors (Lipinski definition) is 1. The zero-order valence-electron chi connectivity index (χ0n) is 14.4. The number of aromatic nitrogens is 3. The Morgan fingerprint density at radius 2 is 1.81 bits per heavy atom. The van der Waals surface area contributed by atoms with Crippen LogP contribution in [0, 0.1) is 6.92 Å². The Balaban J connectivity index is 1.67. The number of nitrogen functional groups attached to an aromatic ring is 1. The lowest BCUT2D eigenvalue weighted by Crippen LogP contribution is -2.00. The van der Waals surface area contributed by atoms with Gasteiger partial charge in [0.05, 0.1) is 0 Å². The first-order valence-electron chi connectivity index (χ1n) is 8.18. The van der Waals surface area contributed by atoms with Gasteiger partial charge >= 0.3 is 0 Å². The zero-order chi connectivity index (χ0) is 18.8. The van der Waals surface area contributed by atoms with Crippen molar-refractivity contribution in [3.8, 4) is 11.6 Å². The second-order valence-corrected chi connectivity index (χ2v) is 7.33. The Kier molecular flexibility index (Phi) is 4.83. The summed E-state index contributed by atoms with van der Waals surface area (Å²) in [6, 6.07) is 17.2. The molecule has 0 radical (unpaired) electrons. The average Bonchev–Trinajstić information content (AvgIpc) is 2.67. The van der Waals surface area contributed by atoms with Crippen LogP contribution in [-0.4, -0.2) is 15.0 Å². The van der Waals surface area contributed by atoms with Crippen molar-refractivity contribution >= 4 is 40.0 Å². The molecule has 0 bridgehead atoms. The summed E-state index contributed by atoms with van der Waals surface area (Å²) in [7, 11) is 0. The fourth-order valence-corrected chi connectivity index (χ4v) is 3.46. The molecule has 2 heterocycles. The molecule has 0 amide bonds. The van der Waals surface area contributed by atoms with Crippen molar-refractivity contribution in [1.82, 2.24) is 15.0 Å². The molecule has 0 saturated heterocycles. The summed E-state index contributed by atoms with van der Waals surface area (Å²) >= 11 is 7.36. The number of nitrogens with two attached hydrogens (primary N) is 1. The molecule has 2 aromatic heterocycles. The molecule has 0 fully saturated rings. The van der Waals surface area contributed by atoms with Crippen molar-refractivity contribution in [2.24, 2.45) is 0 Å². The highest BCUT2D eigenvalue weighted by Crippen LogP contribution is 2.37. The number of para-hydroxylation sites is 1. The molecule has 0 aliphatic carbocycles. The van der Waals surface area contributed by atoms with E-state index in [4.69, 9.17) is 22.1 Å². The molecular weight excluding hydrogens is 380 g/mol. The van der Waals surface area contributed by atoms with Crippen LogP contribution in [0.25, 0.3) is 10.9 Å². The number of ether oxygens (including phenoxy) is 1. The molecule has 2 N–H and O–H groups in total. The lowest BCUT2D eigenvalue weighted by molar-refractivity contribution is 0.466. The van der Waals surface area contributed by atoms with Gasteiger partial charge in [-0.25, -0.2) is 9.97 Å². The summed E-state index contributed by atoms with van der Waals surface area (Å²) in [5.74, 6) is 0.904. The van der Waals surface area contributed by atoms with E-state index in [1.807, 2.05) is 61.5 Å². The van der Waals surface area contributed by atoms with Gasteiger partial charge in [-0.1, -0.05) is 41.6 Å². The van der Waals surface area contributed by atoms with E-state index in [9.17, 15) is 0 Å². The van der Waals surface area contributed by atoms with E-state index in [0.29, 0.717) is 27.4 Å². The van der Waals surface area contributed by atoms with E-state index in [1.165, 1.54) is 18.1 Å². The smallest absolute Gasteiger partial charge is 0.247 e. The Morgan fingerprint density at radius 3 is 2.63 bits per heavy atom. The van der Waals surface area contributed by atoms with Crippen LogP contribution in [0.5, 0.6) is 11.6 Å². The number of fused-ring (bicyclic) bond motifs is 1. The van der Waals surface area contributed by atoms with Crippen LogP contribution in [0.1, 0.15) is 5.69 Å². The topological polar surface area (TPSA) is 73.9 Å². The molecule has 2 aromatic carbocycles. The summed E-state index contributed by atoms with van der Waals surface area (Å²) in [5.41, 5.74) is 8.32. The number of benzene rings is 2. The van der Waals surface area contributed by atoms with Crippen molar-refractivity contribution in [3.63, 3.8) is 0 Å². The van der Waals surface area contributed by atoms with E-state index in [1.54, 1.807) is 0 Å². The summed E-state index contributed by atoms with van der Waals surface area (Å²) in [6.45, 7) is 1.94. The van der Waals surface area contributed by atoms with Crippen molar-refractivity contribution in [3.05, 3.63) is 71.6 Å². The molecule has 4 rings (SSSR count). The molecule has 0 aliphatic rings. The molecule has 0 spiro atoms. The summed E-state index contributed by atoms with van der Waals surface area (Å²) in [4.78, 5) is 14.0. The highest BCUT2D eigenvalue weighted by molar-refractivity contribution is 7.99. The fraction of sp³-hybridized carbons (Fsp3) is 0.0500. The van der Waals surface area contributed by atoms with Crippen LogP contribution < -0.4 is 10.5 Å². The van der Waals surface area contributed by atoms with Gasteiger partial charge in [-0.15, -0.1) is 0 Å². The monoisotopic (exact) mass is 394 g/mol. The van der Waals surface area contributed by atoms with Gasteiger partial charge in [0.2, 0.25) is 5.88 Å². The van der Waals surface area contributed by atoms with Crippen LogP contribution in [0.4, 0.5) is 5.69 Å². The van der Waals surface area contributed by atoms with Gasteiger partial charge in [-0.2, -0.15) is 4.98 Å². The zero-order valence-corrected chi connectivity index (χ0v) is 16.0. The van der Waals surface area contributed by atoms with E-state index in [0.717, 1.165) is 21.5 Å². The molecule has 134 valence electrons. The number of aryl methyl sites for hydroxylation is 1. The Labute approximate surface area is 165 Å². The normalized spacial score (nSPS) is 10.9. The van der Waals surface area contributed by atoms with Crippen molar-refractivity contribution in [2.75, 3.05) is 5.73 Å². The molecule has 27 heavy (non-hydrogen) atoms. The minimum atomic E-state index is 0.303. The van der Waals surface area contributed by atoms with Gasteiger partial charge in [0, 0.05) is 21.0 Å². The molecule has 7 heteroatoms. The first-order valence-corrected chi connectivity index (χ1v) is 9.38. The SMILES string of the molecule is Cc1ccc2cccc(Oc3ncnc(Sc4ccc(Cl)cc4)c3N)c2n1. The van der Waals surface area contributed by atoms with Gasteiger partial charge in [-0.3, -0.25) is 0 Å². The highest BCUT2D eigenvalue weighted by atomic mass is 35.5. The van der Waals surface area contributed by atoms with Crippen molar-refractivity contribution in [1.29, 1.82) is 0 Å². The maximum absolute atomic E-state index is 6.27. The van der Waals surface area contributed by atoms with Crippen molar-refractivity contribution in [2.45, 2.75) is 16.8 Å². The van der Waals surface area contributed by atoms with E-state index < -0.39 is 0 Å². The minimum absolute atomic E-state index is 0.303. The third kappa shape index (κ3) is 3.82. The van der Waals surface area contributed by atoms with Gasteiger partial charge in [0.25, 0.3) is 0 Å². The first-order chi connectivity index (χ1) is 13.1. The molecule has 0 saturated carbocycles. The lowest BCUT2D eigenvalue weighted by atomic mass is 10.2. The summed E-state index contributed by atoms with van der Waals surface area (Å²) in [5, 5.41) is 2.28. The molecule has 4 aromatic rings. The second kappa shape index (κ2) is 7.42. The van der Waals surface area contributed by atoms with Crippen LogP contribution >= 0.6 is 23.4 Å². The standard InChI is InChI=1S/C20H15ClN4OS/c1-12-5-6-13-3-2-4-16(18(13)25-12)26-19-17(22)20(24-11-23-19)27-15-9-7-14(21)8-10-15/h2-11H,22H2,1H3. The Bertz CT molecular complexity index is 1120. The van der Waals surface area contributed by atoms with E-state index in [-0.39, 0.29) is 0 Å². The number of hydrogen-bond acceptors (Lipinski definition) is 6. The molecule has 5 nitrogen and oxygen atoms in total. The highest BCUT2D eigenvalue weighted by Gasteiger charge is 2.13. The minimum Gasteiger partial charge on any atom is -0.435 e. The van der Waals surface area contributed by atoms with E-state index in [2.05, 4.69) is 15.0 Å². The first kappa shape index (κ1) is 17.6. The third-order valence-electron chi connectivity index (χ3n) is 3.87. The summed E-state index contributed by atoms with van der Waals surface area (Å²) < 4.78 is 6.00. The summed E-state index contributed by atoms with van der Waals surface area (Å²) in [6.07, 6.45) is 1.44. The number of nitrogens with zero attached hydrogens (tertiary/aromatic N) is 3. The quantitative estimate of drug-likeness (QED) is 0.460. The fourth-order valence-electron chi connectivity index (χ4n) is 2.55. The third-order valence-corrected chi connectivity index (χ3v) is 5.15. The maximum atomic E-state index is 6.27. The van der Waals surface area contributed by atoms with Crippen LogP contribution in [0.15, 0.2) is 70.8 Å². The van der Waals surface area contributed by atoms with Gasteiger partial charge in [0.15, 0.2) is 5.75 Å². The molecular formula is C20H15ClN4OS.